The van der Waals surface area contributed by atoms with Gasteiger partial charge in [-0.1, -0.05) is 52.3 Å². The highest BCUT2D eigenvalue weighted by molar-refractivity contribution is 9.15. The summed E-state index contributed by atoms with van der Waals surface area (Å²) in [5, 5.41) is 0. The SMILES string of the molecule is CCOC(=O)C(/C=C(\Br)c1ccccc1)C(C(=O)OCC)C(=O)OCC. The van der Waals surface area contributed by atoms with E-state index in [9.17, 15) is 14.4 Å². The van der Waals surface area contributed by atoms with E-state index in [0.717, 1.165) is 5.56 Å². The first kappa shape index (κ1) is 21.9. The molecule has 1 unspecified atom stereocenters. The molecule has 0 bridgehead atoms. The zero-order valence-electron chi connectivity index (χ0n) is 15.1. The molecule has 0 heterocycles. The summed E-state index contributed by atoms with van der Waals surface area (Å²) in [7, 11) is 0. The van der Waals surface area contributed by atoms with Crippen LogP contribution in [0.5, 0.6) is 0 Å². The molecule has 1 atom stereocenters. The Hall–Kier alpha value is -2.15. The number of ether oxygens (including phenoxy) is 3. The molecule has 142 valence electrons. The van der Waals surface area contributed by atoms with Crippen LogP contribution in [0.4, 0.5) is 0 Å². The van der Waals surface area contributed by atoms with E-state index < -0.39 is 29.7 Å². The number of hydrogen-bond acceptors (Lipinski definition) is 6. The van der Waals surface area contributed by atoms with E-state index in [1.807, 2.05) is 30.3 Å². The number of halogens is 1. The summed E-state index contributed by atoms with van der Waals surface area (Å²) < 4.78 is 15.6. The molecule has 0 aliphatic carbocycles. The van der Waals surface area contributed by atoms with E-state index in [2.05, 4.69) is 15.9 Å². The van der Waals surface area contributed by atoms with Crippen LogP contribution in [0, 0.1) is 11.8 Å². The van der Waals surface area contributed by atoms with Crippen molar-refractivity contribution >= 4 is 38.3 Å². The Morgan fingerprint density at radius 1 is 0.885 bits per heavy atom. The van der Waals surface area contributed by atoms with Crippen LogP contribution < -0.4 is 0 Å². The molecule has 7 heteroatoms. The number of esters is 3. The Balaban J connectivity index is 3.32. The fourth-order valence-electron chi connectivity index (χ4n) is 2.24. The van der Waals surface area contributed by atoms with Crippen molar-refractivity contribution in [2.45, 2.75) is 20.8 Å². The third kappa shape index (κ3) is 6.29. The van der Waals surface area contributed by atoms with Gasteiger partial charge in [0.1, 0.15) is 5.92 Å². The van der Waals surface area contributed by atoms with Crippen molar-refractivity contribution in [3.63, 3.8) is 0 Å². The maximum atomic E-state index is 12.5. The Morgan fingerprint density at radius 2 is 1.35 bits per heavy atom. The van der Waals surface area contributed by atoms with Gasteiger partial charge >= 0.3 is 17.9 Å². The van der Waals surface area contributed by atoms with Gasteiger partial charge in [0.2, 0.25) is 0 Å². The van der Waals surface area contributed by atoms with Gasteiger partial charge in [-0.3, -0.25) is 14.4 Å². The monoisotopic (exact) mass is 426 g/mol. The number of carbonyl (C=O) groups excluding carboxylic acids is 3. The lowest BCUT2D eigenvalue weighted by Gasteiger charge is -2.21. The molecule has 1 aromatic rings. The average molecular weight is 427 g/mol. The van der Waals surface area contributed by atoms with Gasteiger partial charge in [-0.15, -0.1) is 0 Å². The zero-order valence-corrected chi connectivity index (χ0v) is 16.7. The second kappa shape index (κ2) is 11.5. The van der Waals surface area contributed by atoms with Gasteiger partial charge in [0, 0.05) is 4.48 Å². The minimum atomic E-state index is -1.44. The third-order valence-corrected chi connectivity index (χ3v) is 4.10. The number of carbonyl (C=O) groups is 3. The minimum absolute atomic E-state index is 0.0772. The average Bonchev–Trinajstić information content (AvgIpc) is 2.62. The first-order valence-electron chi connectivity index (χ1n) is 8.38. The van der Waals surface area contributed by atoms with Crippen molar-refractivity contribution in [1.29, 1.82) is 0 Å². The highest BCUT2D eigenvalue weighted by atomic mass is 79.9. The van der Waals surface area contributed by atoms with Crippen molar-refractivity contribution in [2.24, 2.45) is 11.8 Å². The van der Waals surface area contributed by atoms with Crippen molar-refractivity contribution in [3.8, 4) is 0 Å². The highest BCUT2D eigenvalue weighted by Crippen LogP contribution is 2.28. The van der Waals surface area contributed by atoms with Crippen molar-refractivity contribution in [2.75, 3.05) is 19.8 Å². The van der Waals surface area contributed by atoms with Gasteiger partial charge < -0.3 is 14.2 Å². The van der Waals surface area contributed by atoms with Crippen molar-refractivity contribution < 1.29 is 28.6 Å². The van der Waals surface area contributed by atoms with Crippen LogP contribution >= 0.6 is 15.9 Å². The molecular formula is C19H23BrO6. The summed E-state index contributed by atoms with van der Waals surface area (Å²) >= 11 is 3.40. The predicted octanol–water partition coefficient (Wildman–Crippen LogP) is 3.34. The minimum Gasteiger partial charge on any atom is -0.466 e. The quantitative estimate of drug-likeness (QED) is 0.342. The largest absolute Gasteiger partial charge is 0.466 e. The lowest BCUT2D eigenvalue weighted by molar-refractivity contribution is -0.169. The smallest absolute Gasteiger partial charge is 0.321 e. The molecule has 0 saturated carbocycles. The van der Waals surface area contributed by atoms with E-state index in [1.165, 1.54) is 6.08 Å². The van der Waals surface area contributed by atoms with Gasteiger partial charge in [0.25, 0.3) is 0 Å². The molecule has 1 aromatic carbocycles. The summed E-state index contributed by atoms with van der Waals surface area (Å²) in [5.41, 5.74) is 0.785. The van der Waals surface area contributed by atoms with E-state index in [-0.39, 0.29) is 19.8 Å². The molecule has 0 spiro atoms. The molecular weight excluding hydrogens is 404 g/mol. The zero-order chi connectivity index (χ0) is 19.5. The van der Waals surface area contributed by atoms with E-state index in [0.29, 0.717) is 4.48 Å². The highest BCUT2D eigenvalue weighted by Gasteiger charge is 2.41. The third-order valence-electron chi connectivity index (χ3n) is 3.37. The van der Waals surface area contributed by atoms with Gasteiger partial charge in [0.15, 0.2) is 5.92 Å². The van der Waals surface area contributed by atoms with Crippen LogP contribution in [0.3, 0.4) is 0 Å². The Kier molecular flexibility index (Phi) is 9.65. The lowest BCUT2D eigenvalue weighted by atomic mass is 9.91. The summed E-state index contributed by atoms with van der Waals surface area (Å²) in [6.45, 7) is 5.16. The number of benzene rings is 1. The Bertz CT molecular complexity index is 623. The van der Waals surface area contributed by atoms with Crippen LogP contribution in [0.2, 0.25) is 0 Å². The van der Waals surface area contributed by atoms with Gasteiger partial charge in [0.05, 0.1) is 19.8 Å². The number of rotatable bonds is 9. The maximum Gasteiger partial charge on any atom is 0.321 e. The van der Waals surface area contributed by atoms with Gasteiger partial charge in [-0.05, 0) is 26.3 Å². The summed E-state index contributed by atoms with van der Waals surface area (Å²) in [4.78, 5) is 37.2. The van der Waals surface area contributed by atoms with Crippen LogP contribution in [0.25, 0.3) is 4.48 Å². The van der Waals surface area contributed by atoms with Crippen molar-refractivity contribution in [1.82, 2.24) is 0 Å². The summed E-state index contributed by atoms with van der Waals surface area (Å²) in [5.74, 6) is -4.97. The molecule has 0 aliphatic heterocycles. The normalized spacial score (nSPS) is 12.4. The van der Waals surface area contributed by atoms with Crippen LogP contribution in [0.15, 0.2) is 36.4 Å². The topological polar surface area (TPSA) is 78.9 Å². The predicted molar refractivity (Wildman–Crippen MR) is 100 cm³/mol. The Morgan fingerprint density at radius 3 is 1.81 bits per heavy atom. The number of hydrogen-bond donors (Lipinski definition) is 0. The van der Waals surface area contributed by atoms with E-state index >= 15 is 0 Å². The molecule has 0 saturated heterocycles. The van der Waals surface area contributed by atoms with E-state index in [1.54, 1.807) is 20.8 Å². The second-order valence-electron chi connectivity index (χ2n) is 5.14. The molecule has 0 aliphatic rings. The fraction of sp³-hybridized carbons (Fsp3) is 0.421. The molecule has 26 heavy (non-hydrogen) atoms. The molecule has 0 radical (unpaired) electrons. The van der Waals surface area contributed by atoms with Crippen LogP contribution in [0.1, 0.15) is 26.3 Å². The Labute approximate surface area is 161 Å². The molecule has 0 amide bonds. The fourth-order valence-corrected chi connectivity index (χ4v) is 2.79. The molecule has 6 nitrogen and oxygen atoms in total. The van der Waals surface area contributed by atoms with E-state index in [4.69, 9.17) is 14.2 Å². The van der Waals surface area contributed by atoms with Crippen LogP contribution in [-0.4, -0.2) is 37.7 Å². The van der Waals surface area contributed by atoms with Gasteiger partial charge in [-0.25, -0.2) is 0 Å². The molecule has 0 N–H and O–H groups in total. The lowest BCUT2D eigenvalue weighted by Crippen LogP contribution is -2.38. The summed E-state index contributed by atoms with van der Waals surface area (Å²) in [6, 6.07) is 9.17. The first-order chi connectivity index (χ1) is 12.5. The summed E-state index contributed by atoms with van der Waals surface area (Å²) in [6.07, 6.45) is 1.48. The molecule has 0 fully saturated rings. The van der Waals surface area contributed by atoms with Gasteiger partial charge in [-0.2, -0.15) is 0 Å². The molecule has 1 rings (SSSR count). The molecule has 0 aromatic heterocycles. The second-order valence-corrected chi connectivity index (χ2v) is 5.99. The van der Waals surface area contributed by atoms with Crippen molar-refractivity contribution in [3.05, 3.63) is 42.0 Å². The van der Waals surface area contributed by atoms with Crippen LogP contribution in [-0.2, 0) is 28.6 Å². The maximum absolute atomic E-state index is 12.5. The standard InChI is InChI=1S/C19H23BrO6/c1-4-24-17(21)14(12-15(20)13-10-8-7-9-11-13)16(18(22)25-5-2)19(23)26-6-3/h7-12,14,16H,4-6H2,1-3H3/b15-12-. The first-order valence-corrected chi connectivity index (χ1v) is 9.18.